The second kappa shape index (κ2) is 5.91. The van der Waals surface area contributed by atoms with Gasteiger partial charge < -0.3 is 9.90 Å². The Morgan fingerprint density at radius 2 is 1.45 bits per heavy atom. The zero-order valence-electron chi connectivity index (χ0n) is 11.3. The van der Waals surface area contributed by atoms with Gasteiger partial charge in [0.1, 0.15) is 0 Å². The first-order valence-corrected chi connectivity index (χ1v) is 8.88. The van der Waals surface area contributed by atoms with Crippen molar-refractivity contribution in [2.45, 2.75) is 25.7 Å². The third kappa shape index (κ3) is 2.47. The van der Waals surface area contributed by atoms with Crippen LogP contribution in [0, 0.1) is 7.14 Å². The van der Waals surface area contributed by atoms with Gasteiger partial charge in [-0.15, -0.1) is 0 Å². The van der Waals surface area contributed by atoms with Crippen LogP contribution in [0.5, 0.6) is 0 Å². The minimum absolute atomic E-state index is 0.0365. The predicted octanol–water partition coefficient (Wildman–Crippen LogP) is 2.00. The van der Waals surface area contributed by atoms with Crippen molar-refractivity contribution in [1.82, 2.24) is 0 Å². The quantitative estimate of drug-likeness (QED) is 0.440. The number of benzene rings is 1. The molecule has 0 saturated heterocycles. The Hall–Kier alpha value is -0.970. The molecule has 3 rings (SSSR count). The molecule has 0 unspecified atom stereocenters. The number of imide groups is 1. The third-order valence-electron chi connectivity index (χ3n) is 3.87. The Balaban J connectivity index is 2.08. The highest BCUT2D eigenvalue weighted by Crippen LogP contribution is 2.39. The number of aromatic carboxylic acids is 1. The Morgan fingerprint density at radius 3 is 1.86 bits per heavy atom. The van der Waals surface area contributed by atoms with Gasteiger partial charge in [-0.3, -0.25) is 9.59 Å². The van der Waals surface area contributed by atoms with Gasteiger partial charge in [-0.05, 0) is 88.6 Å². The summed E-state index contributed by atoms with van der Waals surface area (Å²) < 4.78 is 1.09. The Morgan fingerprint density at radius 1 is 1.00 bits per heavy atom. The van der Waals surface area contributed by atoms with E-state index < -0.39 is 5.97 Å². The van der Waals surface area contributed by atoms with Gasteiger partial charge >= 0.3 is 0 Å². The average molecular weight is 522 g/mol. The standard InChI is InChI=1S/C15H11I2NO4/c16-10-5-7(15(21)22)6-11(17)12(10)18-13(19)8-3-1-2-4-9(8)14(18)20/h5-6H,1-4H2,(H,21,22)/p-1. The van der Waals surface area contributed by atoms with E-state index in [4.69, 9.17) is 0 Å². The number of amides is 2. The van der Waals surface area contributed by atoms with E-state index in [-0.39, 0.29) is 17.4 Å². The smallest absolute Gasteiger partial charge is 0.261 e. The van der Waals surface area contributed by atoms with Gasteiger partial charge in [-0.1, -0.05) is 0 Å². The Labute approximate surface area is 154 Å². The number of carboxylic acids is 1. The van der Waals surface area contributed by atoms with Crippen LogP contribution in [0.1, 0.15) is 36.0 Å². The van der Waals surface area contributed by atoms with E-state index in [1.807, 2.05) is 45.2 Å². The Kier molecular flexibility index (Phi) is 4.27. The van der Waals surface area contributed by atoms with Crippen molar-refractivity contribution in [3.8, 4) is 0 Å². The molecule has 0 fully saturated rings. The van der Waals surface area contributed by atoms with Crippen LogP contribution >= 0.6 is 45.2 Å². The molecular formula is C15H10I2NO4-. The number of carbonyl (C=O) groups is 3. The summed E-state index contributed by atoms with van der Waals surface area (Å²) in [5.74, 6) is -1.81. The molecule has 2 aliphatic rings. The van der Waals surface area contributed by atoms with E-state index in [2.05, 4.69) is 0 Å². The molecule has 0 bridgehead atoms. The van der Waals surface area contributed by atoms with Crippen molar-refractivity contribution >= 4 is 68.7 Å². The summed E-state index contributed by atoms with van der Waals surface area (Å²) in [5, 5.41) is 11.0. The Bertz CT molecular complexity index is 703. The highest BCUT2D eigenvalue weighted by atomic mass is 127. The maximum Gasteiger partial charge on any atom is 0.261 e. The number of hydrogen-bond acceptors (Lipinski definition) is 4. The fourth-order valence-corrected chi connectivity index (χ4v) is 5.09. The molecule has 0 spiro atoms. The summed E-state index contributed by atoms with van der Waals surface area (Å²) in [6.07, 6.45) is 3.12. The number of nitrogens with zero attached hydrogens (tertiary/aromatic N) is 1. The zero-order chi connectivity index (χ0) is 16.0. The van der Waals surface area contributed by atoms with E-state index in [1.54, 1.807) is 0 Å². The largest absolute Gasteiger partial charge is 0.545 e. The molecular weight excluding hydrogens is 512 g/mol. The summed E-state index contributed by atoms with van der Waals surface area (Å²) in [7, 11) is 0. The second-order valence-electron chi connectivity index (χ2n) is 5.19. The molecule has 7 heteroatoms. The van der Waals surface area contributed by atoms with Crippen LogP contribution in [0.3, 0.4) is 0 Å². The average Bonchev–Trinajstić information content (AvgIpc) is 2.72. The van der Waals surface area contributed by atoms with Crippen LogP contribution in [0.2, 0.25) is 0 Å². The topological polar surface area (TPSA) is 77.5 Å². The number of halogens is 2. The SMILES string of the molecule is O=C([O-])c1cc(I)c(N2C(=O)C3=C(CCCC3)C2=O)c(I)c1. The minimum Gasteiger partial charge on any atom is -0.545 e. The summed E-state index contributed by atoms with van der Waals surface area (Å²) in [5.41, 5.74) is 1.74. The third-order valence-corrected chi connectivity index (χ3v) is 5.51. The van der Waals surface area contributed by atoms with Crippen molar-refractivity contribution in [1.29, 1.82) is 0 Å². The van der Waals surface area contributed by atoms with Crippen LogP contribution in [-0.4, -0.2) is 17.8 Å². The van der Waals surface area contributed by atoms with Crippen LogP contribution in [0.4, 0.5) is 5.69 Å². The lowest BCUT2D eigenvalue weighted by molar-refractivity contribution is -0.255. The number of carbonyl (C=O) groups excluding carboxylic acids is 3. The van der Waals surface area contributed by atoms with E-state index >= 15 is 0 Å². The molecule has 1 aliphatic carbocycles. The molecule has 0 aromatic heterocycles. The maximum atomic E-state index is 12.6. The monoisotopic (exact) mass is 522 g/mol. The molecule has 22 heavy (non-hydrogen) atoms. The van der Waals surface area contributed by atoms with Gasteiger partial charge in [0.05, 0.1) is 11.7 Å². The number of carboxylic acid groups (broad SMARTS) is 1. The molecule has 0 saturated carbocycles. The van der Waals surface area contributed by atoms with Crippen LogP contribution < -0.4 is 10.0 Å². The molecule has 1 aromatic carbocycles. The molecule has 1 aromatic rings. The first-order valence-electron chi connectivity index (χ1n) is 6.73. The normalized spacial score (nSPS) is 18.0. The van der Waals surface area contributed by atoms with Gasteiger partial charge in [-0.25, -0.2) is 4.90 Å². The van der Waals surface area contributed by atoms with Crippen molar-refractivity contribution in [2.24, 2.45) is 0 Å². The number of anilines is 1. The zero-order valence-corrected chi connectivity index (χ0v) is 15.6. The van der Waals surface area contributed by atoms with E-state index in [0.717, 1.165) is 12.8 Å². The van der Waals surface area contributed by atoms with Crippen LogP contribution in [0.25, 0.3) is 0 Å². The van der Waals surface area contributed by atoms with Gasteiger partial charge in [0.15, 0.2) is 0 Å². The molecule has 114 valence electrons. The van der Waals surface area contributed by atoms with Gasteiger partial charge in [0.2, 0.25) is 0 Å². The fourth-order valence-electron chi connectivity index (χ4n) is 2.84. The summed E-state index contributed by atoms with van der Waals surface area (Å²) >= 11 is 3.90. The summed E-state index contributed by atoms with van der Waals surface area (Å²) in [4.78, 5) is 37.4. The highest BCUT2D eigenvalue weighted by molar-refractivity contribution is 14.1. The lowest BCUT2D eigenvalue weighted by atomic mass is 9.93. The summed E-state index contributed by atoms with van der Waals surface area (Å²) in [6.45, 7) is 0. The molecule has 0 radical (unpaired) electrons. The number of hydrogen-bond donors (Lipinski definition) is 0. The van der Waals surface area contributed by atoms with Crippen molar-refractivity contribution in [3.63, 3.8) is 0 Å². The second-order valence-corrected chi connectivity index (χ2v) is 7.51. The van der Waals surface area contributed by atoms with E-state index in [1.165, 1.54) is 17.0 Å². The van der Waals surface area contributed by atoms with E-state index in [9.17, 15) is 19.5 Å². The first-order chi connectivity index (χ1) is 10.4. The van der Waals surface area contributed by atoms with Crippen molar-refractivity contribution in [2.75, 3.05) is 4.90 Å². The van der Waals surface area contributed by atoms with Crippen LogP contribution in [-0.2, 0) is 9.59 Å². The van der Waals surface area contributed by atoms with E-state index in [0.29, 0.717) is 36.8 Å². The fraction of sp³-hybridized carbons (Fsp3) is 0.267. The van der Waals surface area contributed by atoms with Crippen molar-refractivity contribution in [3.05, 3.63) is 36.0 Å². The lowest BCUT2D eigenvalue weighted by Crippen LogP contribution is -2.33. The van der Waals surface area contributed by atoms with Gasteiger partial charge in [-0.2, -0.15) is 0 Å². The highest BCUT2D eigenvalue weighted by Gasteiger charge is 2.41. The maximum absolute atomic E-state index is 12.6. The molecule has 2 amide bonds. The summed E-state index contributed by atoms with van der Waals surface area (Å²) in [6, 6.07) is 2.84. The lowest BCUT2D eigenvalue weighted by Gasteiger charge is -2.20. The van der Waals surface area contributed by atoms with Gasteiger partial charge in [0, 0.05) is 18.3 Å². The van der Waals surface area contributed by atoms with Gasteiger partial charge in [0.25, 0.3) is 11.8 Å². The molecule has 0 N–H and O–H groups in total. The molecule has 5 nitrogen and oxygen atoms in total. The minimum atomic E-state index is -1.28. The molecule has 0 atom stereocenters. The van der Waals surface area contributed by atoms with Crippen LogP contribution in [0.15, 0.2) is 23.3 Å². The first kappa shape index (κ1) is 15.9. The predicted molar refractivity (Wildman–Crippen MR) is 94.2 cm³/mol. The molecule has 1 aliphatic heterocycles. The van der Waals surface area contributed by atoms with Crippen molar-refractivity contribution < 1.29 is 19.5 Å². The molecule has 1 heterocycles. The number of rotatable bonds is 2.